The molecule has 0 fully saturated rings. The molecule has 0 N–H and O–H groups in total. The quantitative estimate of drug-likeness (QED) is 0.634. The molecule has 114 valence electrons. The van der Waals surface area contributed by atoms with Crippen molar-refractivity contribution in [2.24, 2.45) is 10.8 Å². The summed E-state index contributed by atoms with van der Waals surface area (Å²) in [5, 5.41) is 0. The monoisotopic (exact) mass is 276 g/mol. The Labute approximate surface area is 125 Å². The zero-order valence-corrected chi connectivity index (χ0v) is 14.4. The van der Waals surface area contributed by atoms with Crippen LogP contribution in [0.25, 0.3) is 0 Å². The molecule has 0 aliphatic carbocycles. The van der Waals surface area contributed by atoms with E-state index in [-0.39, 0.29) is 5.60 Å². The molecule has 0 aromatic heterocycles. The van der Waals surface area contributed by atoms with Crippen LogP contribution in [0, 0.1) is 10.8 Å². The van der Waals surface area contributed by atoms with Crippen LogP contribution in [0.2, 0.25) is 0 Å². The van der Waals surface area contributed by atoms with Crippen LogP contribution in [0.4, 0.5) is 0 Å². The molecule has 1 aromatic rings. The van der Waals surface area contributed by atoms with E-state index < -0.39 is 0 Å². The van der Waals surface area contributed by atoms with Crippen LogP contribution in [-0.2, 0) is 11.3 Å². The van der Waals surface area contributed by atoms with Gasteiger partial charge in [0.15, 0.2) is 0 Å². The van der Waals surface area contributed by atoms with Gasteiger partial charge in [0, 0.05) is 0 Å². The molecule has 1 rings (SSSR count). The maximum atomic E-state index is 6.17. The van der Waals surface area contributed by atoms with E-state index in [0.717, 1.165) is 6.42 Å². The Morgan fingerprint density at radius 3 is 1.85 bits per heavy atom. The number of benzene rings is 1. The number of ether oxygens (including phenoxy) is 1. The smallest absolute Gasteiger partial charge is 0.0724 e. The highest BCUT2D eigenvalue weighted by Crippen LogP contribution is 2.40. The average molecular weight is 276 g/mol. The Hall–Kier alpha value is -0.820. The molecule has 0 atom stereocenters. The second kappa shape index (κ2) is 6.30. The lowest BCUT2D eigenvalue weighted by atomic mass is 9.71. The Morgan fingerprint density at radius 2 is 1.35 bits per heavy atom. The Bertz CT molecular complexity index is 396. The van der Waals surface area contributed by atoms with E-state index in [0.29, 0.717) is 17.4 Å². The first-order chi connectivity index (χ1) is 8.99. The number of rotatable bonds is 6. The molecule has 0 amide bonds. The third kappa shape index (κ3) is 7.09. The summed E-state index contributed by atoms with van der Waals surface area (Å²) >= 11 is 0. The third-order valence-electron chi connectivity index (χ3n) is 3.39. The van der Waals surface area contributed by atoms with E-state index in [1.165, 1.54) is 12.0 Å². The van der Waals surface area contributed by atoms with Gasteiger partial charge in [-0.3, -0.25) is 0 Å². The summed E-state index contributed by atoms with van der Waals surface area (Å²) in [7, 11) is 0. The predicted molar refractivity (Wildman–Crippen MR) is 87.8 cm³/mol. The van der Waals surface area contributed by atoms with Crippen LogP contribution in [0.5, 0.6) is 0 Å². The van der Waals surface area contributed by atoms with E-state index in [9.17, 15) is 0 Å². The Balaban J connectivity index is 2.56. The fraction of sp³-hybridized carbons (Fsp3) is 0.684. The summed E-state index contributed by atoms with van der Waals surface area (Å²) in [6, 6.07) is 10.4. The van der Waals surface area contributed by atoms with Gasteiger partial charge in [-0.25, -0.2) is 0 Å². The van der Waals surface area contributed by atoms with Gasteiger partial charge < -0.3 is 4.74 Å². The van der Waals surface area contributed by atoms with Gasteiger partial charge in [0.05, 0.1) is 12.2 Å². The maximum Gasteiger partial charge on any atom is 0.0724 e. The van der Waals surface area contributed by atoms with Crippen LogP contribution in [0.1, 0.15) is 66.9 Å². The number of hydrogen-bond donors (Lipinski definition) is 0. The molecule has 0 spiro atoms. The van der Waals surface area contributed by atoms with Crippen molar-refractivity contribution in [1.29, 1.82) is 0 Å². The fourth-order valence-electron chi connectivity index (χ4n) is 3.55. The van der Waals surface area contributed by atoms with Gasteiger partial charge in [-0.05, 0) is 43.1 Å². The molecule has 0 radical (unpaired) electrons. The van der Waals surface area contributed by atoms with E-state index in [1.54, 1.807) is 0 Å². The lowest BCUT2D eigenvalue weighted by molar-refractivity contribution is -0.0613. The highest BCUT2D eigenvalue weighted by molar-refractivity contribution is 5.13. The molecule has 20 heavy (non-hydrogen) atoms. The minimum Gasteiger partial charge on any atom is -0.371 e. The summed E-state index contributed by atoms with van der Waals surface area (Å²) in [5.41, 5.74) is 1.80. The van der Waals surface area contributed by atoms with Crippen molar-refractivity contribution in [3.63, 3.8) is 0 Å². The van der Waals surface area contributed by atoms with Crippen molar-refractivity contribution in [3.8, 4) is 0 Å². The average Bonchev–Trinajstić information content (AvgIpc) is 2.23. The summed E-state index contributed by atoms with van der Waals surface area (Å²) in [5.74, 6) is 0. The highest BCUT2D eigenvalue weighted by atomic mass is 16.5. The van der Waals surface area contributed by atoms with Crippen molar-refractivity contribution in [2.45, 2.75) is 73.5 Å². The van der Waals surface area contributed by atoms with E-state index >= 15 is 0 Å². The van der Waals surface area contributed by atoms with Crippen molar-refractivity contribution >= 4 is 0 Å². The lowest BCUT2D eigenvalue weighted by Crippen LogP contribution is -2.33. The highest BCUT2D eigenvalue weighted by Gasteiger charge is 2.32. The van der Waals surface area contributed by atoms with E-state index in [1.807, 2.05) is 6.07 Å². The number of hydrogen-bond acceptors (Lipinski definition) is 1. The molecule has 0 saturated carbocycles. The largest absolute Gasteiger partial charge is 0.371 e. The molecule has 0 bridgehead atoms. The first kappa shape index (κ1) is 17.2. The van der Waals surface area contributed by atoms with Crippen LogP contribution in [-0.4, -0.2) is 5.60 Å². The topological polar surface area (TPSA) is 9.23 Å². The minimum absolute atomic E-state index is 0.0927. The zero-order chi connectivity index (χ0) is 15.4. The van der Waals surface area contributed by atoms with Gasteiger partial charge >= 0.3 is 0 Å². The molecular formula is C19H32O. The van der Waals surface area contributed by atoms with Crippen LogP contribution >= 0.6 is 0 Å². The first-order valence-corrected chi connectivity index (χ1v) is 7.67. The normalized spacial score (nSPS) is 13.6. The lowest BCUT2D eigenvalue weighted by Gasteiger charge is -2.38. The van der Waals surface area contributed by atoms with Crippen molar-refractivity contribution in [3.05, 3.63) is 35.9 Å². The molecular weight excluding hydrogens is 244 g/mol. The van der Waals surface area contributed by atoms with Gasteiger partial charge in [-0.2, -0.15) is 0 Å². The second-order valence-corrected chi connectivity index (χ2v) is 8.61. The summed E-state index contributed by atoms with van der Waals surface area (Å²) in [6.45, 7) is 16.8. The van der Waals surface area contributed by atoms with E-state index in [4.69, 9.17) is 4.74 Å². The maximum absolute atomic E-state index is 6.17. The summed E-state index contributed by atoms with van der Waals surface area (Å²) in [6.07, 6.45) is 2.28. The molecule has 0 aliphatic heterocycles. The zero-order valence-electron chi connectivity index (χ0n) is 14.4. The first-order valence-electron chi connectivity index (χ1n) is 7.67. The summed E-state index contributed by atoms with van der Waals surface area (Å²) < 4.78 is 6.17. The van der Waals surface area contributed by atoms with Gasteiger partial charge in [0.2, 0.25) is 0 Å². The second-order valence-electron chi connectivity index (χ2n) is 8.61. The standard InChI is InChI=1S/C19H32O/c1-17(2,3)14-18(4,5)15-19(6,7)20-13-16-11-9-8-10-12-16/h8-12H,13-15H2,1-7H3. The third-order valence-corrected chi connectivity index (χ3v) is 3.39. The van der Waals surface area contributed by atoms with Gasteiger partial charge in [-0.1, -0.05) is 65.0 Å². The van der Waals surface area contributed by atoms with E-state index in [2.05, 4.69) is 72.7 Å². The Kier molecular flexibility index (Phi) is 5.43. The van der Waals surface area contributed by atoms with Crippen molar-refractivity contribution < 1.29 is 4.74 Å². The SMILES string of the molecule is CC(C)(C)CC(C)(C)CC(C)(C)OCc1ccccc1. The molecule has 1 nitrogen and oxygen atoms in total. The Morgan fingerprint density at radius 1 is 0.800 bits per heavy atom. The van der Waals surface area contributed by atoms with Crippen LogP contribution in [0.3, 0.4) is 0 Å². The van der Waals surface area contributed by atoms with Crippen molar-refractivity contribution in [1.82, 2.24) is 0 Å². The van der Waals surface area contributed by atoms with Crippen molar-refractivity contribution in [2.75, 3.05) is 0 Å². The van der Waals surface area contributed by atoms with Gasteiger partial charge in [0.1, 0.15) is 0 Å². The molecule has 0 heterocycles. The molecule has 0 saturated heterocycles. The molecule has 0 unspecified atom stereocenters. The summed E-state index contributed by atoms with van der Waals surface area (Å²) in [4.78, 5) is 0. The van der Waals surface area contributed by atoms with Gasteiger partial charge in [0.25, 0.3) is 0 Å². The van der Waals surface area contributed by atoms with Crippen LogP contribution in [0.15, 0.2) is 30.3 Å². The fourth-order valence-corrected chi connectivity index (χ4v) is 3.55. The minimum atomic E-state index is -0.0927. The molecule has 1 heteroatoms. The molecule has 0 aliphatic rings. The van der Waals surface area contributed by atoms with Crippen LogP contribution < -0.4 is 0 Å². The molecule has 1 aromatic carbocycles. The predicted octanol–water partition coefficient (Wildman–Crippen LogP) is 5.83. The van der Waals surface area contributed by atoms with Gasteiger partial charge in [-0.15, -0.1) is 0 Å².